The molecule has 4 aromatic rings. The van der Waals surface area contributed by atoms with Crippen LogP contribution >= 0.6 is 0 Å². The molecule has 1 atom stereocenters. The maximum absolute atomic E-state index is 12.5. The van der Waals surface area contributed by atoms with Crippen LogP contribution in [-0.4, -0.2) is 38.9 Å². The highest BCUT2D eigenvalue weighted by molar-refractivity contribution is 5.91. The number of benzene rings is 3. The molecule has 1 amide bonds. The Morgan fingerprint density at radius 3 is 2.35 bits per heavy atom. The van der Waals surface area contributed by atoms with E-state index in [9.17, 15) is 9.90 Å². The summed E-state index contributed by atoms with van der Waals surface area (Å²) < 4.78 is 1.75. The zero-order valence-electron chi connectivity index (χ0n) is 19.0. The Bertz CT molecular complexity index is 1160. The molecule has 4 rings (SSSR count). The molecule has 0 bridgehead atoms. The van der Waals surface area contributed by atoms with Crippen molar-refractivity contribution in [2.75, 3.05) is 18.4 Å². The van der Waals surface area contributed by atoms with Crippen LogP contribution in [0, 0.1) is 0 Å². The molecule has 0 saturated heterocycles. The molecule has 0 fully saturated rings. The summed E-state index contributed by atoms with van der Waals surface area (Å²) in [6, 6.07) is 27.4. The molecule has 0 aliphatic carbocycles. The molecule has 0 unspecified atom stereocenters. The number of aliphatic hydroxyl groups excluding tert-OH is 1. The van der Waals surface area contributed by atoms with Gasteiger partial charge < -0.3 is 15.7 Å². The predicted octanol–water partition coefficient (Wildman–Crippen LogP) is 3.37. The van der Waals surface area contributed by atoms with Gasteiger partial charge in [-0.1, -0.05) is 72.8 Å². The zero-order chi connectivity index (χ0) is 23.6. The Labute approximate surface area is 199 Å². The molecule has 3 N–H and O–H groups in total. The van der Waals surface area contributed by atoms with Crippen LogP contribution in [0.1, 0.15) is 28.6 Å². The minimum atomic E-state index is -0.516. The summed E-state index contributed by atoms with van der Waals surface area (Å²) in [5.74, 6) is 0.494. The van der Waals surface area contributed by atoms with Gasteiger partial charge in [0.05, 0.1) is 19.1 Å². The zero-order valence-corrected chi connectivity index (χ0v) is 19.0. The van der Waals surface area contributed by atoms with Crippen LogP contribution in [0.15, 0.2) is 91.3 Å². The number of anilines is 1. The number of nitrogens with zero attached hydrogens (tertiary/aromatic N) is 3. The quantitative estimate of drug-likeness (QED) is 0.302. The third-order valence-electron chi connectivity index (χ3n) is 5.54. The third kappa shape index (κ3) is 6.84. The van der Waals surface area contributed by atoms with Crippen molar-refractivity contribution in [3.05, 3.63) is 114 Å². The van der Waals surface area contributed by atoms with Gasteiger partial charge in [0.15, 0.2) is 0 Å². The van der Waals surface area contributed by atoms with Crippen molar-refractivity contribution < 1.29 is 9.90 Å². The fourth-order valence-electron chi connectivity index (χ4n) is 3.68. The maximum atomic E-state index is 12.5. The lowest BCUT2D eigenvalue weighted by molar-refractivity contribution is -0.115. The highest BCUT2D eigenvalue weighted by atomic mass is 16.3. The highest BCUT2D eigenvalue weighted by Crippen LogP contribution is 2.12. The molecular weight excluding hydrogens is 426 g/mol. The Morgan fingerprint density at radius 1 is 0.912 bits per heavy atom. The number of nitrogens with one attached hydrogen (secondary N) is 2. The number of amides is 1. The number of carbonyl (C=O) groups is 1. The first kappa shape index (κ1) is 23.4. The summed E-state index contributed by atoms with van der Waals surface area (Å²) in [6.07, 6.45) is 1.95. The van der Waals surface area contributed by atoms with Gasteiger partial charge in [-0.15, -0.1) is 0 Å². The summed E-state index contributed by atoms with van der Waals surface area (Å²) in [7, 11) is 0. The largest absolute Gasteiger partial charge is 0.387 e. The van der Waals surface area contributed by atoms with Gasteiger partial charge >= 0.3 is 0 Å². The summed E-state index contributed by atoms with van der Waals surface area (Å²) in [5, 5.41) is 20.7. The standard InChI is InChI=1S/C27H29N5O2/c33-25(23-9-5-2-6-10-23)18-28-16-15-21-11-13-24(14-12-21)31-27(34)17-26-29-20-30-32(26)19-22-7-3-1-4-8-22/h1-14,20,25,28,33H,15-19H2,(H,31,34)/t25-/m0/s1. The summed E-state index contributed by atoms with van der Waals surface area (Å²) in [4.78, 5) is 16.8. The summed E-state index contributed by atoms with van der Waals surface area (Å²) in [6.45, 7) is 1.84. The first-order valence-corrected chi connectivity index (χ1v) is 11.4. The van der Waals surface area contributed by atoms with E-state index in [0.29, 0.717) is 18.9 Å². The molecule has 34 heavy (non-hydrogen) atoms. The van der Waals surface area contributed by atoms with Crippen LogP contribution in [0.3, 0.4) is 0 Å². The average molecular weight is 456 g/mol. The molecular formula is C27H29N5O2. The van der Waals surface area contributed by atoms with Gasteiger partial charge in [0.1, 0.15) is 12.2 Å². The van der Waals surface area contributed by atoms with Crippen molar-refractivity contribution in [3.63, 3.8) is 0 Å². The van der Waals surface area contributed by atoms with E-state index in [0.717, 1.165) is 35.3 Å². The molecule has 0 aliphatic heterocycles. The van der Waals surface area contributed by atoms with Crippen molar-refractivity contribution in [2.45, 2.75) is 25.5 Å². The predicted molar refractivity (Wildman–Crippen MR) is 132 cm³/mol. The van der Waals surface area contributed by atoms with Crippen molar-refractivity contribution in [1.82, 2.24) is 20.1 Å². The molecule has 0 spiro atoms. The maximum Gasteiger partial charge on any atom is 0.232 e. The van der Waals surface area contributed by atoms with E-state index in [1.54, 1.807) is 4.68 Å². The molecule has 0 saturated carbocycles. The van der Waals surface area contributed by atoms with E-state index < -0.39 is 6.10 Å². The Hall–Kier alpha value is -3.81. The van der Waals surface area contributed by atoms with E-state index >= 15 is 0 Å². The van der Waals surface area contributed by atoms with Crippen LogP contribution in [0.25, 0.3) is 0 Å². The third-order valence-corrected chi connectivity index (χ3v) is 5.54. The molecule has 7 nitrogen and oxygen atoms in total. The summed E-state index contributed by atoms with van der Waals surface area (Å²) >= 11 is 0. The lowest BCUT2D eigenvalue weighted by atomic mass is 10.1. The fourth-order valence-corrected chi connectivity index (χ4v) is 3.68. The molecule has 0 radical (unpaired) electrons. The number of hydrogen-bond acceptors (Lipinski definition) is 5. The second-order valence-corrected chi connectivity index (χ2v) is 8.12. The molecule has 1 heterocycles. The fraction of sp³-hybridized carbons (Fsp3) is 0.222. The highest BCUT2D eigenvalue weighted by Gasteiger charge is 2.11. The molecule has 3 aromatic carbocycles. The van der Waals surface area contributed by atoms with Gasteiger partial charge in [-0.3, -0.25) is 4.79 Å². The Kier molecular flexibility index (Phi) is 8.16. The van der Waals surface area contributed by atoms with Gasteiger partial charge in [0.2, 0.25) is 5.91 Å². The van der Waals surface area contributed by atoms with E-state index in [1.165, 1.54) is 6.33 Å². The second kappa shape index (κ2) is 11.9. The van der Waals surface area contributed by atoms with E-state index in [-0.39, 0.29) is 12.3 Å². The van der Waals surface area contributed by atoms with Crippen LogP contribution in [0.2, 0.25) is 0 Å². The van der Waals surface area contributed by atoms with Crippen LogP contribution < -0.4 is 10.6 Å². The second-order valence-electron chi connectivity index (χ2n) is 8.12. The number of hydrogen-bond donors (Lipinski definition) is 3. The minimum Gasteiger partial charge on any atom is -0.387 e. The van der Waals surface area contributed by atoms with Crippen LogP contribution in [0.4, 0.5) is 5.69 Å². The molecule has 7 heteroatoms. The number of rotatable bonds is 11. The molecule has 1 aromatic heterocycles. The lowest BCUT2D eigenvalue weighted by Crippen LogP contribution is -2.23. The van der Waals surface area contributed by atoms with Gasteiger partial charge in [-0.2, -0.15) is 5.10 Å². The smallest absolute Gasteiger partial charge is 0.232 e. The number of aromatic nitrogens is 3. The van der Waals surface area contributed by atoms with Crippen LogP contribution in [0.5, 0.6) is 0 Å². The van der Waals surface area contributed by atoms with Crippen molar-refractivity contribution >= 4 is 11.6 Å². The van der Waals surface area contributed by atoms with Crippen molar-refractivity contribution in [1.29, 1.82) is 0 Å². The van der Waals surface area contributed by atoms with E-state index in [1.807, 2.05) is 84.9 Å². The van der Waals surface area contributed by atoms with Gasteiger partial charge in [-0.25, -0.2) is 9.67 Å². The van der Waals surface area contributed by atoms with E-state index in [4.69, 9.17) is 0 Å². The Morgan fingerprint density at radius 2 is 1.62 bits per heavy atom. The topological polar surface area (TPSA) is 92.1 Å². The number of carbonyl (C=O) groups excluding carboxylic acids is 1. The summed E-state index contributed by atoms with van der Waals surface area (Å²) in [5.41, 5.74) is 3.92. The van der Waals surface area contributed by atoms with Crippen LogP contribution in [-0.2, 0) is 24.2 Å². The van der Waals surface area contributed by atoms with Gasteiger partial charge in [0, 0.05) is 12.2 Å². The average Bonchev–Trinajstić information content (AvgIpc) is 3.30. The van der Waals surface area contributed by atoms with E-state index in [2.05, 4.69) is 20.7 Å². The first-order valence-electron chi connectivity index (χ1n) is 11.4. The monoisotopic (exact) mass is 455 g/mol. The lowest BCUT2D eigenvalue weighted by Gasteiger charge is -2.12. The molecule has 0 aliphatic rings. The van der Waals surface area contributed by atoms with Crippen molar-refractivity contribution in [2.24, 2.45) is 0 Å². The van der Waals surface area contributed by atoms with Crippen molar-refractivity contribution in [3.8, 4) is 0 Å². The first-order chi connectivity index (χ1) is 16.7. The van der Waals surface area contributed by atoms with Gasteiger partial charge in [0.25, 0.3) is 0 Å². The van der Waals surface area contributed by atoms with Gasteiger partial charge in [-0.05, 0) is 41.8 Å². The number of aliphatic hydroxyl groups is 1. The minimum absolute atomic E-state index is 0.133. The Balaban J connectivity index is 1.21. The normalized spacial score (nSPS) is 11.8. The molecule has 174 valence electrons. The SMILES string of the molecule is O=C(Cc1ncnn1Cc1ccccc1)Nc1ccc(CCNC[C@H](O)c2ccccc2)cc1.